The summed E-state index contributed by atoms with van der Waals surface area (Å²) < 4.78 is 1.01. The molecule has 1 saturated carbocycles. The van der Waals surface area contributed by atoms with Crippen molar-refractivity contribution in [3.63, 3.8) is 0 Å². The molecule has 0 bridgehead atoms. The summed E-state index contributed by atoms with van der Waals surface area (Å²) in [7, 11) is 0. The molecule has 5 nitrogen and oxygen atoms in total. The fraction of sp³-hybridized carbons (Fsp3) is 0.529. The number of rotatable bonds is 7. The maximum Gasteiger partial charge on any atom is 0.226 e. The van der Waals surface area contributed by atoms with Gasteiger partial charge < -0.3 is 16.0 Å². The number of hydrogen-bond acceptors (Lipinski definition) is 2. The van der Waals surface area contributed by atoms with Crippen LogP contribution in [0.3, 0.4) is 0 Å². The normalized spacial score (nSPS) is 13.9. The Morgan fingerprint density at radius 2 is 2.08 bits per heavy atom. The van der Waals surface area contributed by atoms with Crippen molar-refractivity contribution in [2.45, 2.75) is 33.1 Å². The van der Waals surface area contributed by atoms with Gasteiger partial charge in [-0.15, -0.1) is 24.0 Å². The third-order valence-corrected chi connectivity index (χ3v) is 4.15. The number of halogens is 2. The van der Waals surface area contributed by atoms with Crippen molar-refractivity contribution in [2.24, 2.45) is 10.9 Å². The lowest BCUT2D eigenvalue weighted by atomic mass is 10.2. The predicted molar refractivity (Wildman–Crippen MR) is 114 cm³/mol. The van der Waals surface area contributed by atoms with Crippen molar-refractivity contribution in [1.82, 2.24) is 10.6 Å². The smallest absolute Gasteiger partial charge is 0.226 e. The number of amides is 1. The molecule has 134 valence electrons. The highest BCUT2D eigenvalue weighted by Crippen LogP contribution is 2.28. The molecule has 7 heteroatoms. The Morgan fingerprint density at radius 3 is 2.71 bits per heavy atom. The predicted octanol–water partition coefficient (Wildman–Crippen LogP) is 3.67. The van der Waals surface area contributed by atoms with Crippen LogP contribution in [0.4, 0.5) is 5.69 Å². The van der Waals surface area contributed by atoms with Crippen molar-refractivity contribution in [3.8, 4) is 0 Å². The molecule has 0 saturated heterocycles. The summed E-state index contributed by atoms with van der Waals surface area (Å²) in [5.74, 6) is 1.56. The van der Waals surface area contributed by atoms with Crippen molar-refractivity contribution in [2.75, 3.05) is 25.0 Å². The molecule has 0 atom stereocenters. The highest BCUT2D eigenvalue weighted by atomic mass is 127. The van der Waals surface area contributed by atoms with Crippen LogP contribution in [-0.2, 0) is 4.79 Å². The van der Waals surface area contributed by atoms with E-state index >= 15 is 0 Å². The van der Waals surface area contributed by atoms with Gasteiger partial charge in [-0.25, -0.2) is 0 Å². The lowest BCUT2D eigenvalue weighted by molar-refractivity contribution is -0.116. The Morgan fingerprint density at radius 1 is 1.33 bits per heavy atom. The van der Waals surface area contributed by atoms with Gasteiger partial charge in [-0.05, 0) is 56.4 Å². The molecule has 2 rings (SSSR count). The van der Waals surface area contributed by atoms with Crippen LogP contribution >= 0.6 is 39.9 Å². The first-order valence-corrected chi connectivity index (χ1v) is 8.96. The summed E-state index contributed by atoms with van der Waals surface area (Å²) in [6.07, 6.45) is 2.99. The second kappa shape index (κ2) is 10.9. The highest BCUT2D eigenvalue weighted by Gasteiger charge is 2.20. The van der Waals surface area contributed by atoms with E-state index in [2.05, 4.69) is 36.9 Å². The number of nitrogens with one attached hydrogen (secondary N) is 3. The molecule has 1 aromatic carbocycles. The number of carbonyl (C=O) groups is 1. The molecule has 0 aliphatic heterocycles. The number of hydrogen-bond donors (Lipinski definition) is 3. The molecule has 0 aromatic heterocycles. The van der Waals surface area contributed by atoms with Crippen LogP contribution in [0.15, 0.2) is 27.7 Å². The van der Waals surface area contributed by atoms with Gasteiger partial charge in [0, 0.05) is 36.2 Å². The number of aryl methyl sites for hydroxylation is 1. The number of aliphatic imine (C=N–C) groups is 1. The van der Waals surface area contributed by atoms with E-state index in [0.29, 0.717) is 13.0 Å². The topological polar surface area (TPSA) is 65.5 Å². The lowest BCUT2D eigenvalue weighted by Gasteiger charge is -2.12. The summed E-state index contributed by atoms with van der Waals surface area (Å²) in [4.78, 5) is 16.6. The maximum absolute atomic E-state index is 12.0. The molecular weight excluding hydrogens is 483 g/mol. The molecule has 1 aliphatic rings. The van der Waals surface area contributed by atoms with E-state index in [9.17, 15) is 4.79 Å². The van der Waals surface area contributed by atoms with E-state index in [1.54, 1.807) is 0 Å². The first kappa shape index (κ1) is 21.2. The third-order valence-electron chi connectivity index (χ3n) is 3.66. The molecule has 24 heavy (non-hydrogen) atoms. The van der Waals surface area contributed by atoms with E-state index < -0.39 is 0 Å². The molecule has 0 heterocycles. The maximum atomic E-state index is 12.0. The van der Waals surface area contributed by atoms with Gasteiger partial charge in [0.25, 0.3) is 0 Å². The van der Waals surface area contributed by atoms with E-state index in [1.807, 2.05) is 32.0 Å². The summed E-state index contributed by atoms with van der Waals surface area (Å²) >= 11 is 3.42. The zero-order valence-corrected chi connectivity index (χ0v) is 18.1. The summed E-state index contributed by atoms with van der Waals surface area (Å²) in [5, 5.41) is 9.36. The van der Waals surface area contributed by atoms with Crippen LogP contribution in [0.2, 0.25) is 0 Å². The molecule has 0 spiro atoms. The van der Waals surface area contributed by atoms with Crippen molar-refractivity contribution in [1.29, 1.82) is 0 Å². The van der Waals surface area contributed by atoms with Crippen LogP contribution in [0.25, 0.3) is 0 Å². The number of benzene rings is 1. The van der Waals surface area contributed by atoms with Gasteiger partial charge in [-0.1, -0.05) is 15.9 Å². The van der Waals surface area contributed by atoms with Crippen molar-refractivity contribution in [3.05, 3.63) is 28.2 Å². The van der Waals surface area contributed by atoms with Gasteiger partial charge in [0.1, 0.15) is 0 Å². The zero-order chi connectivity index (χ0) is 16.7. The van der Waals surface area contributed by atoms with E-state index in [-0.39, 0.29) is 29.9 Å². The number of carbonyl (C=O) groups excluding carboxylic acids is 1. The molecule has 3 N–H and O–H groups in total. The molecule has 0 radical (unpaired) electrons. The summed E-state index contributed by atoms with van der Waals surface area (Å²) in [6, 6.07) is 5.82. The third kappa shape index (κ3) is 7.83. The Balaban J connectivity index is 0.00000288. The minimum atomic E-state index is 0. The Kier molecular flexibility index (Phi) is 9.65. The van der Waals surface area contributed by atoms with Gasteiger partial charge in [0.2, 0.25) is 5.91 Å². The van der Waals surface area contributed by atoms with Crippen molar-refractivity contribution >= 4 is 57.5 Å². The van der Waals surface area contributed by atoms with Crippen LogP contribution in [0.5, 0.6) is 0 Å². The zero-order valence-electron chi connectivity index (χ0n) is 14.2. The monoisotopic (exact) mass is 508 g/mol. The van der Waals surface area contributed by atoms with Crippen LogP contribution in [0.1, 0.15) is 31.7 Å². The van der Waals surface area contributed by atoms with Crippen LogP contribution in [0, 0.1) is 12.8 Å². The largest absolute Gasteiger partial charge is 0.357 e. The number of nitrogens with zero attached hydrogens (tertiary/aromatic N) is 1. The van der Waals surface area contributed by atoms with Gasteiger partial charge in [0.15, 0.2) is 5.96 Å². The van der Waals surface area contributed by atoms with Gasteiger partial charge in [0.05, 0.1) is 0 Å². The SMILES string of the molecule is CCNC(=NCC1CC1)NCCC(=O)Nc1ccc(Br)cc1C.I. The lowest BCUT2D eigenvalue weighted by Crippen LogP contribution is -2.38. The minimum Gasteiger partial charge on any atom is -0.357 e. The first-order valence-electron chi connectivity index (χ1n) is 8.16. The van der Waals surface area contributed by atoms with Gasteiger partial charge >= 0.3 is 0 Å². The Hall–Kier alpha value is -0.830. The molecule has 1 fully saturated rings. The van der Waals surface area contributed by atoms with Crippen molar-refractivity contribution < 1.29 is 4.79 Å². The second-order valence-electron chi connectivity index (χ2n) is 5.85. The quantitative estimate of drug-likeness (QED) is 0.299. The average molecular weight is 509 g/mol. The molecule has 1 amide bonds. The number of anilines is 1. The average Bonchev–Trinajstić information content (AvgIpc) is 3.32. The molecule has 1 aliphatic carbocycles. The summed E-state index contributed by atoms with van der Waals surface area (Å²) in [6.45, 7) is 6.28. The van der Waals surface area contributed by atoms with E-state index in [4.69, 9.17) is 0 Å². The molecular formula is C17H26BrIN4O. The minimum absolute atomic E-state index is 0. The Labute approximate surface area is 169 Å². The fourth-order valence-electron chi connectivity index (χ4n) is 2.14. The van der Waals surface area contributed by atoms with E-state index in [1.165, 1.54) is 12.8 Å². The molecule has 1 aromatic rings. The van der Waals surface area contributed by atoms with Crippen LogP contribution in [-0.4, -0.2) is 31.5 Å². The highest BCUT2D eigenvalue weighted by molar-refractivity contribution is 14.0. The van der Waals surface area contributed by atoms with Crippen LogP contribution < -0.4 is 16.0 Å². The van der Waals surface area contributed by atoms with E-state index in [0.717, 1.165) is 40.7 Å². The summed E-state index contributed by atoms with van der Waals surface area (Å²) in [5.41, 5.74) is 1.90. The van der Waals surface area contributed by atoms with Gasteiger partial charge in [-0.3, -0.25) is 9.79 Å². The standard InChI is InChI=1S/C17H25BrN4O.HI/c1-3-19-17(21-11-13-4-5-13)20-9-8-16(23)22-15-7-6-14(18)10-12(15)2;/h6-7,10,13H,3-5,8-9,11H2,1-2H3,(H,22,23)(H2,19,20,21);1H. The van der Waals surface area contributed by atoms with Gasteiger partial charge in [-0.2, -0.15) is 0 Å². The first-order chi connectivity index (χ1) is 11.1. The fourth-order valence-corrected chi connectivity index (χ4v) is 2.61. The Bertz CT molecular complexity index is 576. The number of guanidine groups is 1. The second-order valence-corrected chi connectivity index (χ2v) is 6.76. The molecule has 0 unspecified atom stereocenters.